The highest BCUT2D eigenvalue weighted by molar-refractivity contribution is 5.92. The van der Waals surface area contributed by atoms with Gasteiger partial charge in [0.25, 0.3) is 0 Å². The van der Waals surface area contributed by atoms with Crippen LogP contribution in [-0.2, 0) is 4.74 Å². The van der Waals surface area contributed by atoms with E-state index in [1.165, 1.54) is 57.4 Å². The Kier molecular flexibility index (Phi) is 16.3. The van der Waals surface area contributed by atoms with Crippen LogP contribution in [0.25, 0.3) is 0 Å². The smallest absolute Gasteiger partial charge is 0.341 e. The average Bonchev–Trinajstić information content (AvgIpc) is 2.66. The number of likely N-dealkylation sites (N-methyl/N-ethyl adjacent to an activating group) is 1. The van der Waals surface area contributed by atoms with Gasteiger partial charge in [-0.1, -0.05) is 76.8 Å². The summed E-state index contributed by atoms with van der Waals surface area (Å²) in [6, 6.07) is 6.48. The van der Waals surface area contributed by atoms with Crippen molar-refractivity contribution in [3.05, 3.63) is 29.8 Å². The van der Waals surface area contributed by atoms with E-state index in [-0.39, 0.29) is 17.9 Å². The molecule has 0 heterocycles. The fourth-order valence-electron chi connectivity index (χ4n) is 2.78. The molecule has 0 aliphatic heterocycles. The number of esters is 1. The molecule has 0 aliphatic carbocycles. The van der Waals surface area contributed by atoms with E-state index in [0.29, 0.717) is 6.61 Å². The number of carbonyl (C=O) groups is 1. The van der Waals surface area contributed by atoms with E-state index in [9.17, 15) is 9.90 Å². The number of aromatic hydroxyl groups is 1. The monoisotopic (exact) mass is 410 g/mol. The third kappa shape index (κ3) is 17.0. The Morgan fingerprint density at radius 2 is 1.41 bits per heavy atom. The molecule has 1 aromatic rings. The lowest BCUT2D eigenvalue weighted by Gasteiger charge is -2.21. The third-order valence-electron chi connectivity index (χ3n) is 4.63. The highest BCUT2D eigenvalue weighted by Gasteiger charge is 2.10. The molecular formula is C24H44NO4+. The number of phenols is 1. The predicted molar refractivity (Wildman–Crippen MR) is 120 cm³/mol. The number of benzene rings is 1. The lowest BCUT2D eigenvalue weighted by Crippen LogP contribution is -2.36. The summed E-state index contributed by atoms with van der Waals surface area (Å²) in [5.74, 6) is -0.454. The number of aliphatic hydroxyl groups excluding tert-OH is 1. The fraction of sp³-hybridized carbons (Fsp3) is 0.708. The normalized spacial score (nSPS) is 10.9. The Morgan fingerprint density at radius 1 is 0.897 bits per heavy atom. The molecule has 0 bridgehead atoms. The first kappa shape index (κ1) is 27.4. The van der Waals surface area contributed by atoms with Gasteiger partial charge in [0.15, 0.2) is 0 Å². The SMILES string of the molecule is CCCCCCCCCCCCOC(=O)c1ccccc1O.C[N+](C)(C)CCO. The first-order chi connectivity index (χ1) is 13.8. The fourth-order valence-corrected chi connectivity index (χ4v) is 2.78. The first-order valence-electron chi connectivity index (χ1n) is 11.2. The quantitative estimate of drug-likeness (QED) is 0.253. The van der Waals surface area contributed by atoms with Gasteiger partial charge in [0.1, 0.15) is 17.9 Å². The van der Waals surface area contributed by atoms with Crippen LogP contribution in [0.15, 0.2) is 24.3 Å². The zero-order chi connectivity index (χ0) is 22.0. The van der Waals surface area contributed by atoms with E-state index >= 15 is 0 Å². The number of hydrogen-bond acceptors (Lipinski definition) is 4. The van der Waals surface area contributed by atoms with Crippen molar-refractivity contribution >= 4 is 5.97 Å². The number of unbranched alkanes of at least 4 members (excludes halogenated alkanes) is 9. The number of carbonyl (C=O) groups excluding carboxylic acids is 1. The Bertz CT molecular complexity index is 526. The maximum atomic E-state index is 11.7. The van der Waals surface area contributed by atoms with Crippen molar-refractivity contribution in [2.45, 2.75) is 71.1 Å². The largest absolute Gasteiger partial charge is 0.507 e. The Morgan fingerprint density at radius 3 is 1.86 bits per heavy atom. The van der Waals surface area contributed by atoms with Crippen molar-refractivity contribution in [1.29, 1.82) is 0 Å². The molecule has 5 nitrogen and oxygen atoms in total. The number of nitrogens with zero attached hydrogens (tertiary/aromatic N) is 1. The van der Waals surface area contributed by atoms with Crippen molar-refractivity contribution in [3.8, 4) is 5.75 Å². The summed E-state index contributed by atoms with van der Waals surface area (Å²) >= 11 is 0. The summed E-state index contributed by atoms with van der Waals surface area (Å²) in [7, 11) is 6.16. The van der Waals surface area contributed by atoms with Crippen LogP contribution in [-0.4, -0.2) is 61.6 Å². The van der Waals surface area contributed by atoms with Crippen LogP contribution in [0.2, 0.25) is 0 Å². The molecule has 1 aromatic carbocycles. The number of hydrogen-bond donors (Lipinski definition) is 2. The van der Waals surface area contributed by atoms with Crippen molar-refractivity contribution in [2.75, 3.05) is 40.9 Å². The summed E-state index contributed by atoms with van der Waals surface area (Å²) in [6.07, 6.45) is 12.6. The van der Waals surface area contributed by atoms with Crippen LogP contribution in [0.1, 0.15) is 81.5 Å². The van der Waals surface area contributed by atoms with Crippen molar-refractivity contribution in [1.82, 2.24) is 0 Å². The van der Waals surface area contributed by atoms with Crippen molar-refractivity contribution < 1.29 is 24.2 Å². The van der Waals surface area contributed by atoms with Crippen LogP contribution < -0.4 is 0 Å². The van der Waals surface area contributed by atoms with Crippen LogP contribution in [0.4, 0.5) is 0 Å². The van der Waals surface area contributed by atoms with E-state index in [4.69, 9.17) is 9.84 Å². The van der Waals surface area contributed by atoms with Gasteiger partial charge in [-0.15, -0.1) is 0 Å². The molecule has 2 N–H and O–H groups in total. The summed E-state index contributed by atoms with van der Waals surface area (Å²) in [5.41, 5.74) is 0.245. The minimum absolute atomic E-state index is 0.0180. The van der Waals surface area contributed by atoms with Gasteiger partial charge >= 0.3 is 5.97 Å². The number of ether oxygens (including phenoxy) is 1. The van der Waals surface area contributed by atoms with Crippen molar-refractivity contribution in [2.24, 2.45) is 0 Å². The minimum Gasteiger partial charge on any atom is -0.507 e. The van der Waals surface area contributed by atoms with E-state index in [2.05, 4.69) is 28.1 Å². The standard InChI is InChI=1S/C19H30O3.C5H14NO/c1-2-3-4-5-6-7-8-9-10-13-16-22-19(21)17-14-11-12-15-18(17)20;1-6(2,3)4-5-7/h11-12,14-15,20H,2-10,13,16H2,1H3;7H,4-5H2,1-3H3/q;+1. The maximum absolute atomic E-state index is 11.7. The van der Waals surface area contributed by atoms with E-state index in [0.717, 1.165) is 23.9 Å². The Balaban J connectivity index is 0.000000956. The van der Waals surface area contributed by atoms with E-state index in [1.54, 1.807) is 18.2 Å². The zero-order valence-corrected chi connectivity index (χ0v) is 19.2. The second-order valence-electron chi connectivity index (χ2n) is 8.57. The van der Waals surface area contributed by atoms with E-state index in [1.807, 2.05) is 0 Å². The van der Waals surface area contributed by atoms with Gasteiger partial charge in [-0.25, -0.2) is 4.79 Å². The summed E-state index contributed by atoms with van der Waals surface area (Å²) in [6.45, 7) is 3.79. The van der Waals surface area contributed by atoms with Crippen LogP contribution in [0, 0.1) is 0 Å². The van der Waals surface area contributed by atoms with E-state index < -0.39 is 5.97 Å². The van der Waals surface area contributed by atoms with Crippen LogP contribution >= 0.6 is 0 Å². The highest BCUT2D eigenvalue weighted by atomic mass is 16.5. The lowest BCUT2D eigenvalue weighted by molar-refractivity contribution is -0.870. The van der Waals surface area contributed by atoms with Gasteiger partial charge in [0.2, 0.25) is 0 Å². The molecule has 0 radical (unpaired) electrons. The molecule has 0 atom stereocenters. The third-order valence-corrected chi connectivity index (χ3v) is 4.63. The molecule has 0 spiro atoms. The van der Waals surface area contributed by atoms with Crippen LogP contribution in [0.3, 0.4) is 0 Å². The molecule has 168 valence electrons. The molecule has 0 saturated heterocycles. The highest BCUT2D eigenvalue weighted by Crippen LogP contribution is 2.17. The van der Waals surface area contributed by atoms with Gasteiger partial charge < -0.3 is 19.4 Å². The molecular weight excluding hydrogens is 366 g/mol. The second-order valence-corrected chi connectivity index (χ2v) is 8.57. The molecule has 0 fully saturated rings. The number of rotatable bonds is 14. The molecule has 0 saturated carbocycles. The van der Waals surface area contributed by atoms with Gasteiger partial charge in [-0.3, -0.25) is 0 Å². The molecule has 29 heavy (non-hydrogen) atoms. The number of para-hydroxylation sites is 1. The Hall–Kier alpha value is -1.59. The average molecular weight is 411 g/mol. The van der Waals surface area contributed by atoms with Gasteiger partial charge in [0.05, 0.1) is 34.4 Å². The molecule has 0 amide bonds. The first-order valence-corrected chi connectivity index (χ1v) is 11.2. The molecule has 0 aliphatic rings. The summed E-state index contributed by atoms with van der Waals surface area (Å²) in [5, 5.41) is 17.9. The predicted octanol–water partition coefficient (Wildman–Crippen LogP) is 5.15. The van der Waals surface area contributed by atoms with Gasteiger partial charge in [-0.05, 0) is 18.6 Å². The van der Waals surface area contributed by atoms with Crippen molar-refractivity contribution in [3.63, 3.8) is 0 Å². The Labute approximate surface area is 178 Å². The summed E-state index contributed by atoms with van der Waals surface area (Å²) < 4.78 is 6.03. The second kappa shape index (κ2) is 17.3. The zero-order valence-electron chi connectivity index (χ0n) is 19.2. The summed E-state index contributed by atoms with van der Waals surface area (Å²) in [4.78, 5) is 11.7. The maximum Gasteiger partial charge on any atom is 0.341 e. The number of aliphatic hydroxyl groups is 1. The lowest BCUT2D eigenvalue weighted by atomic mass is 10.1. The molecule has 0 unspecified atom stereocenters. The molecule has 0 aromatic heterocycles. The topological polar surface area (TPSA) is 66.8 Å². The molecule has 5 heteroatoms. The number of phenolic OH excluding ortho intramolecular Hbond substituents is 1. The number of quaternary nitrogens is 1. The van der Waals surface area contributed by atoms with Crippen LogP contribution in [0.5, 0.6) is 5.75 Å². The van der Waals surface area contributed by atoms with Gasteiger partial charge in [0, 0.05) is 0 Å². The minimum atomic E-state index is -0.436. The van der Waals surface area contributed by atoms with Gasteiger partial charge in [-0.2, -0.15) is 0 Å². The molecule has 1 rings (SSSR count).